The Morgan fingerprint density at radius 2 is 1.02 bits per heavy atom. The number of aromatic nitrogens is 3. The lowest BCUT2D eigenvalue weighted by Gasteiger charge is -2.36. The van der Waals surface area contributed by atoms with Gasteiger partial charge in [-0.3, -0.25) is 4.57 Å². The van der Waals surface area contributed by atoms with E-state index in [1.54, 1.807) is 0 Å². The number of rotatable bonds is 2. The van der Waals surface area contributed by atoms with E-state index < -0.39 is 0 Å². The van der Waals surface area contributed by atoms with Gasteiger partial charge in [-0.25, -0.2) is 13.6 Å². The Morgan fingerprint density at radius 1 is 0.467 bits per heavy atom. The molecule has 2 aliphatic rings. The van der Waals surface area contributed by atoms with Crippen LogP contribution in [-0.4, -0.2) is 26.8 Å². The van der Waals surface area contributed by atoms with E-state index in [9.17, 15) is 0 Å². The average molecular weight is 771 g/mol. The first-order valence-electron chi connectivity index (χ1n) is 20.9. The van der Waals surface area contributed by atoms with Gasteiger partial charge in [0, 0.05) is 38.0 Å². The van der Waals surface area contributed by atoms with E-state index in [-0.39, 0.29) is 19.1 Å². The number of nitrogens with zero attached hydrogens (tertiary/aromatic N) is 3. The summed E-state index contributed by atoms with van der Waals surface area (Å²) in [5.41, 5.74) is 21.2. The van der Waals surface area contributed by atoms with Crippen molar-refractivity contribution in [2.75, 3.05) is 0 Å². The molecule has 2 aliphatic heterocycles. The highest BCUT2D eigenvalue weighted by atomic mass is 16.3. The van der Waals surface area contributed by atoms with Crippen molar-refractivity contribution < 1.29 is 8.83 Å². The number of furan rings is 2. The van der Waals surface area contributed by atoms with Crippen LogP contribution in [0.15, 0.2) is 135 Å². The molecule has 0 N–H and O–H groups in total. The standard InChI is InChI=1S/C52H35B2N3O3/c1-26-22-37-48-38(23-26)54(44-29(4)14-11-15-30(44)5)46-36-25-42-35(32-17-7-8-18-40(32)59-42)24-39(36)55-50(46)56(48)51-45(53(37)43-27(2)12-10-13-28(43)3)34-21-20-33-31-16-6-9-19-41(31)60-49(33)47(34)57(51)52(55)58/h6-25H,1-5H3. The number of para-hydroxylation sites is 2. The van der Waals surface area contributed by atoms with Crippen molar-refractivity contribution in [1.82, 2.24) is 13.4 Å². The number of hydrogen-bond donors (Lipinski definition) is 0. The molecule has 5 aromatic heterocycles. The molecule has 0 spiro atoms. The summed E-state index contributed by atoms with van der Waals surface area (Å²) in [7, 11) is 0. The predicted molar refractivity (Wildman–Crippen MR) is 249 cm³/mol. The monoisotopic (exact) mass is 771 g/mol. The second-order valence-corrected chi connectivity index (χ2v) is 17.4. The van der Waals surface area contributed by atoms with Crippen LogP contribution in [0, 0.1) is 34.6 Å². The van der Waals surface area contributed by atoms with Crippen molar-refractivity contribution in [1.29, 1.82) is 0 Å². The topological polar surface area (TPSA) is 57.1 Å². The molecule has 0 fully saturated rings. The number of fused-ring (bicyclic) bond motifs is 13. The van der Waals surface area contributed by atoms with Crippen LogP contribution in [0.3, 0.4) is 0 Å². The van der Waals surface area contributed by atoms with Crippen LogP contribution in [0.4, 0.5) is 0 Å². The third kappa shape index (κ3) is 3.73. The molecule has 0 aliphatic carbocycles. The van der Waals surface area contributed by atoms with Crippen molar-refractivity contribution in [2.45, 2.75) is 34.6 Å². The van der Waals surface area contributed by atoms with Gasteiger partial charge in [-0.15, -0.1) is 0 Å². The Bertz CT molecular complexity index is 4020. The summed E-state index contributed by atoms with van der Waals surface area (Å²) < 4.78 is 19.9. The Kier molecular flexibility index (Phi) is 5.95. The first-order valence-corrected chi connectivity index (χ1v) is 20.9. The molecule has 7 heterocycles. The maximum Gasteiger partial charge on any atom is 0.340 e. The van der Waals surface area contributed by atoms with Gasteiger partial charge in [0.1, 0.15) is 33.6 Å². The summed E-state index contributed by atoms with van der Waals surface area (Å²) in [6.07, 6.45) is 0. The van der Waals surface area contributed by atoms with Crippen LogP contribution in [0.2, 0.25) is 0 Å². The van der Waals surface area contributed by atoms with Gasteiger partial charge in [0.05, 0.1) is 5.52 Å². The number of hydrogen-bond acceptors (Lipinski definition) is 3. The highest BCUT2D eigenvalue weighted by Crippen LogP contribution is 2.39. The van der Waals surface area contributed by atoms with Crippen LogP contribution in [0.5, 0.6) is 0 Å². The minimum atomic E-state index is -0.150. The van der Waals surface area contributed by atoms with Crippen LogP contribution >= 0.6 is 0 Å². The van der Waals surface area contributed by atoms with Crippen LogP contribution in [0.1, 0.15) is 27.8 Å². The molecular formula is C52H35B2N3O3. The Hall–Kier alpha value is -7.18. The van der Waals surface area contributed by atoms with Gasteiger partial charge in [0.25, 0.3) is 0 Å². The summed E-state index contributed by atoms with van der Waals surface area (Å²) in [5.74, 6) is 0. The molecule has 282 valence electrons. The zero-order chi connectivity index (χ0) is 40.0. The van der Waals surface area contributed by atoms with E-state index in [0.717, 1.165) is 93.6 Å². The van der Waals surface area contributed by atoms with Crippen LogP contribution in [-0.2, 0) is 0 Å². The van der Waals surface area contributed by atoms with Gasteiger partial charge >= 0.3 is 5.69 Å². The summed E-state index contributed by atoms with van der Waals surface area (Å²) in [6.45, 7) is 10.9. The Labute approximate surface area is 344 Å². The summed E-state index contributed by atoms with van der Waals surface area (Å²) in [4.78, 5) is 16.2. The lowest BCUT2D eigenvalue weighted by atomic mass is 9.30. The number of benzene rings is 7. The first-order chi connectivity index (χ1) is 29.3. The minimum absolute atomic E-state index is 0.108. The van der Waals surface area contributed by atoms with Crippen molar-refractivity contribution in [3.63, 3.8) is 0 Å². The normalized spacial score (nSPS) is 13.4. The summed E-state index contributed by atoms with van der Waals surface area (Å²) >= 11 is 0. The fraction of sp³-hybridized carbons (Fsp3) is 0.0962. The maximum atomic E-state index is 16.2. The fourth-order valence-corrected chi connectivity index (χ4v) is 11.9. The van der Waals surface area contributed by atoms with Crippen molar-refractivity contribution >= 4 is 123 Å². The lowest BCUT2D eigenvalue weighted by molar-refractivity contribution is 0.669. The zero-order valence-corrected chi connectivity index (χ0v) is 33.8. The maximum absolute atomic E-state index is 16.2. The third-order valence-electron chi connectivity index (χ3n) is 14.2. The quantitative estimate of drug-likeness (QED) is 0.170. The average Bonchev–Trinajstić information content (AvgIpc) is 3.99. The van der Waals surface area contributed by atoms with E-state index in [1.807, 2.05) is 33.1 Å². The molecule has 60 heavy (non-hydrogen) atoms. The van der Waals surface area contributed by atoms with E-state index in [0.29, 0.717) is 0 Å². The van der Waals surface area contributed by atoms with Crippen molar-refractivity contribution in [3.8, 4) is 5.69 Å². The SMILES string of the molecule is Cc1cc2c3c(c1)B(c1c(C)cccc1C)c1c4ccc5c6ccccc6oc5c4n4c(=O)n5c6cc7c(cc6c(c5n-3c14)B2c1c(C)cccc1C)oc1ccccc17. The smallest absolute Gasteiger partial charge is 0.340 e. The Balaban J connectivity index is 1.31. The molecule has 14 rings (SSSR count). The molecule has 0 atom stereocenters. The summed E-state index contributed by atoms with van der Waals surface area (Å²) in [5, 5.41) is 6.11. The second kappa shape index (κ2) is 10.9. The van der Waals surface area contributed by atoms with Gasteiger partial charge in [-0.2, -0.15) is 0 Å². The van der Waals surface area contributed by atoms with Gasteiger partial charge < -0.3 is 8.83 Å². The second-order valence-electron chi connectivity index (χ2n) is 17.4. The van der Waals surface area contributed by atoms with Gasteiger partial charge in [-0.1, -0.05) is 130 Å². The van der Waals surface area contributed by atoms with E-state index in [4.69, 9.17) is 8.83 Å². The molecule has 0 saturated heterocycles. The molecule has 8 heteroatoms. The van der Waals surface area contributed by atoms with Crippen LogP contribution < -0.4 is 38.5 Å². The fourth-order valence-electron chi connectivity index (χ4n) is 11.9. The highest BCUT2D eigenvalue weighted by Gasteiger charge is 2.46. The molecule has 0 saturated carbocycles. The van der Waals surface area contributed by atoms with Crippen LogP contribution in [0.25, 0.3) is 82.7 Å². The molecule has 0 bridgehead atoms. The van der Waals surface area contributed by atoms with Crippen molar-refractivity contribution in [2.24, 2.45) is 0 Å². The zero-order valence-electron chi connectivity index (χ0n) is 33.8. The molecule has 6 nitrogen and oxygen atoms in total. The molecular weight excluding hydrogens is 736 g/mol. The summed E-state index contributed by atoms with van der Waals surface area (Å²) in [6, 6.07) is 43.3. The predicted octanol–water partition coefficient (Wildman–Crippen LogP) is 7.65. The molecule has 7 aromatic carbocycles. The van der Waals surface area contributed by atoms with E-state index >= 15 is 4.79 Å². The molecule has 0 unspecified atom stereocenters. The molecule has 12 aromatic rings. The largest absolute Gasteiger partial charge is 0.456 e. The molecule has 0 amide bonds. The van der Waals surface area contributed by atoms with Crippen molar-refractivity contribution in [3.05, 3.63) is 160 Å². The Morgan fingerprint density at radius 3 is 1.67 bits per heavy atom. The highest BCUT2D eigenvalue weighted by molar-refractivity contribution is 7.03. The van der Waals surface area contributed by atoms with Gasteiger partial charge in [-0.05, 0) is 86.8 Å². The molecule has 0 radical (unpaired) electrons. The third-order valence-corrected chi connectivity index (χ3v) is 14.2. The van der Waals surface area contributed by atoms with Gasteiger partial charge in [0.15, 0.2) is 5.58 Å². The van der Waals surface area contributed by atoms with E-state index in [1.165, 1.54) is 49.7 Å². The van der Waals surface area contributed by atoms with E-state index in [2.05, 4.69) is 136 Å². The first kappa shape index (κ1) is 32.7. The lowest BCUT2D eigenvalue weighted by Crippen LogP contribution is -2.65. The van der Waals surface area contributed by atoms with Gasteiger partial charge in [0.2, 0.25) is 13.4 Å². The minimum Gasteiger partial charge on any atom is -0.456 e. The number of aryl methyl sites for hydroxylation is 5.